The highest BCUT2D eigenvalue weighted by molar-refractivity contribution is 5.94. The van der Waals surface area contributed by atoms with E-state index in [0.29, 0.717) is 24.6 Å². The van der Waals surface area contributed by atoms with Gasteiger partial charge in [-0.3, -0.25) is 4.79 Å². The van der Waals surface area contributed by atoms with Crippen molar-refractivity contribution in [3.63, 3.8) is 0 Å². The number of nitrogen functional groups attached to an aromatic ring is 1. The zero-order valence-corrected chi connectivity index (χ0v) is 9.56. The average Bonchev–Trinajstić information content (AvgIpc) is 2.27. The van der Waals surface area contributed by atoms with Crippen LogP contribution in [0.2, 0.25) is 0 Å². The van der Waals surface area contributed by atoms with Gasteiger partial charge in [-0.2, -0.15) is 0 Å². The number of nitrogens with one attached hydrogen (secondary N) is 1. The number of rotatable bonds is 5. The van der Waals surface area contributed by atoms with Crippen LogP contribution in [-0.4, -0.2) is 30.1 Å². The maximum atomic E-state index is 11.7. The zero-order chi connectivity index (χ0) is 12.0. The van der Waals surface area contributed by atoms with E-state index in [1.54, 1.807) is 12.1 Å². The van der Waals surface area contributed by atoms with Gasteiger partial charge in [0.2, 0.25) is 0 Å². The highest BCUT2D eigenvalue weighted by Crippen LogP contribution is 2.01. The predicted molar refractivity (Wildman–Crippen MR) is 62.1 cm³/mol. The summed E-state index contributed by atoms with van der Waals surface area (Å²) in [5.74, 6) is 0.235. The number of nitrogens with zero attached hydrogens (tertiary/aromatic N) is 1. The molecule has 1 rings (SSSR count). The van der Waals surface area contributed by atoms with E-state index in [2.05, 4.69) is 10.3 Å². The van der Waals surface area contributed by atoms with Crippen molar-refractivity contribution in [2.45, 2.75) is 19.9 Å². The summed E-state index contributed by atoms with van der Waals surface area (Å²) in [5, 5.41) is 2.81. The lowest BCUT2D eigenvalue weighted by Gasteiger charge is -2.13. The minimum absolute atomic E-state index is 0.0231. The standard InChI is InChI=1S/C11H17N3O2/c1-3-16-7-8(2)14-11(15)9-4-5-10(12)13-6-9/h4-6,8H,3,7H2,1-2H3,(H2,12,13)(H,14,15). The molecule has 0 bridgehead atoms. The maximum absolute atomic E-state index is 11.7. The van der Waals surface area contributed by atoms with Crippen molar-refractivity contribution in [3.8, 4) is 0 Å². The van der Waals surface area contributed by atoms with Crippen molar-refractivity contribution < 1.29 is 9.53 Å². The number of anilines is 1. The summed E-state index contributed by atoms with van der Waals surface area (Å²) in [5.41, 5.74) is 5.93. The summed E-state index contributed by atoms with van der Waals surface area (Å²) in [4.78, 5) is 15.5. The van der Waals surface area contributed by atoms with Gasteiger partial charge in [0.1, 0.15) is 5.82 Å². The van der Waals surface area contributed by atoms with Gasteiger partial charge in [0.05, 0.1) is 12.2 Å². The van der Waals surface area contributed by atoms with Crippen molar-refractivity contribution in [1.82, 2.24) is 10.3 Å². The van der Waals surface area contributed by atoms with Crippen LogP contribution in [0.4, 0.5) is 5.82 Å². The lowest BCUT2D eigenvalue weighted by molar-refractivity contribution is 0.0871. The first kappa shape index (κ1) is 12.4. The Bertz CT molecular complexity index is 338. The van der Waals surface area contributed by atoms with Gasteiger partial charge in [0.25, 0.3) is 5.91 Å². The molecule has 0 aliphatic carbocycles. The Morgan fingerprint density at radius 1 is 1.62 bits per heavy atom. The molecule has 1 atom stereocenters. The fraction of sp³-hybridized carbons (Fsp3) is 0.455. The predicted octanol–water partition coefficient (Wildman–Crippen LogP) is 0.819. The average molecular weight is 223 g/mol. The van der Waals surface area contributed by atoms with Gasteiger partial charge >= 0.3 is 0 Å². The van der Waals surface area contributed by atoms with Crippen molar-refractivity contribution in [2.24, 2.45) is 0 Å². The number of hydrogen-bond donors (Lipinski definition) is 2. The molecule has 0 saturated carbocycles. The Morgan fingerprint density at radius 3 is 2.94 bits per heavy atom. The largest absolute Gasteiger partial charge is 0.384 e. The molecule has 0 aliphatic heterocycles. The smallest absolute Gasteiger partial charge is 0.253 e. The van der Waals surface area contributed by atoms with E-state index in [0.717, 1.165) is 0 Å². The quantitative estimate of drug-likeness (QED) is 0.774. The normalized spacial score (nSPS) is 12.1. The van der Waals surface area contributed by atoms with E-state index in [1.807, 2.05) is 13.8 Å². The topological polar surface area (TPSA) is 77.2 Å². The summed E-state index contributed by atoms with van der Waals surface area (Å²) >= 11 is 0. The minimum Gasteiger partial charge on any atom is -0.384 e. The molecule has 5 nitrogen and oxygen atoms in total. The zero-order valence-electron chi connectivity index (χ0n) is 9.56. The van der Waals surface area contributed by atoms with Crippen LogP contribution in [0.25, 0.3) is 0 Å². The molecule has 1 heterocycles. The molecule has 0 spiro atoms. The van der Waals surface area contributed by atoms with Gasteiger partial charge in [-0.25, -0.2) is 4.98 Å². The molecule has 0 fully saturated rings. The molecule has 0 radical (unpaired) electrons. The summed E-state index contributed by atoms with van der Waals surface area (Å²) in [6.07, 6.45) is 1.46. The van der Waals surface area contributed by atoms with E-state index in [9.17, 15) is 4.79 Å². The number of nitrogens with two attached hydrogens (primary N) is 1. The van der Waals surface area contributed by atoms with E-state index in [1.165, 1.54) is 6.20 Å². The van der Waals surface area contributed by atoms with Gasteiger partial charge in [0, 0.05) is 18.8 Å². The fourth-order valence-corrected chi connectivity index (χ4v) is 1.18. The third kappa shape index (κ3) is 3.86. The molecule has 88 valence electrons. The van der Waals surface area contributed by atoms with Crippen LogP contribution in [0.5, 0.6) is 0 Å². The van der Waals surface area contributed by atoms with Crippen LogP contribution in [0, 0.1) is 0 Å². The lowest BCUT2D eigenvalue weighted by atomic mass is 10.2. The molecule has 1 aromatic heterocycles. The first-order valence-electron chi connectivity index (χ1n) is 5.23. The Balaban J connectivity index is 2.48. The van der Waals surface area contributed by atoms with E-state index in [4.69, 9.17) is 10.5 Å². The molecule has 0 saturated heterocycles. The SMILES string of the molecule is CCOCC(C)NC(=O)c1ccc(N)nc1. The molecule has 0 aromatic carbocycles. The Hall–Kier alpha value is -1.62. The second kappa shape index (κ2) is 6.07. The van der Waals surface area contributed by atoms with Gasteiger partial charge in [-0.05, 0) is 26.0 Å². The summed E-state index contributed by atoms with van der Waals surface area (Å²) in [6.45, 7) is 4.95. The van der Waals surface area contributed by atoms with E-state index >= 15 is 0 Å². The molecule has 5 heteroatoms. The van der Waals surface area contributed by atoms with Crippen LogP contribution >= 0.6 is 0 Å². The molecule has 0 aliphatic rings. The van der Waals surface area contributed by atoms with Crippen LogP contribution in [0.1, 0.15) is 24.2 Å². The van der Waals surface area contributed by atoms with Crippen LogP contribution < -0.4 is 11.1 Å². The summed E-state index contributed by atoms with van der Waals surface area (Å²) in [6, 6.07) is 3.22. The highest BCUT2D eigenvalue weighted by Gasteiger charge is 2.09. The van der Waals surface area contributed by atoms with Gasteiger partial charge in [-0.1, -0.05) is 0 Å². The first-order chi connectivity index (χ1) is 7.63. The second-order valence-corrected chi connectivity index (χ2v) is 3.51. The van der Waals surface area contributed by atoms with E-state index in [-0.39, 0.29) is 11.9 Å². The number of ether oxygens (including phenoxy) is 1. The molecule has 16 heavy (non-hydrogen) atoms. The number of amides is 1. The Morgan fingerprint density at radius 2 is 2.38 bits per heavy atom. The third-order valence-corrected chi connectivity index (χ3v) is 2.00. The monoisotopic (exact) mass is 223 g/mol. The molecule has 3 N–H and O–H groups in total. The number of carbonyl (C=O) groups excluding carboxylic acids is 1. The summed E-state index contributed by atoms with van der Waals surface area (Å²) in [7, 11) is 0. The van der Waals surface area contributed by atoms with Crippen molar-refractivity contribution >= 4 is 11.7 Å². The molecule has 1 unspecified atom stereocenters. The van der Waals surface area contributed by atoms with Gasteiger partial charge in [0.15, 0.2) is 0 Å². The molecule has 1 aromatic rings. The highest BCUT2D eigenvalue weighted by atomic mass is 16.5. The second-order valence-electron chi connectivity index (χ2n) is 3.51. The third-order valence-electron chi connectivity index (χ3n) is 2.00. The van der Waals surface area contributed by atoms with Gasteiger partial charge < -0.3 is 15.8 Å². The molecular formula is C11H17N3O2. The number of carbonyl (C=O) groups is 1. The number of pyridine rings is 1. The lowest BCUT2D eigenvalue weighted by Crippen LogP contribution is -2.35. The van der Waals surface area contributed by atoms with Crippen molar-refractivity contribution in [2.75, 3.05) is 18.9 Å². The van der Waals surface area contributed by atoms with Crippen LogP contribution in [0.3, 0.4) is 0 Å². The fourth-order valence-electron chi connectivity index (χ4n) is 1.18. The first-order valence-corrected chi connectivity index (χ1v) is 5.23. The van der Waals surface area contributed by atoms with Crippen molar-refractivity contribution in [1.29, 1.82) is 0 Å². The molecule has 1 amide bonds. The molecular weight excluding hydrogens is 206 g/mol. The van der Waals surface area contributed by atoms with Crippen LogP contribution in [-0.2, 0) is 4.74 Å². The minimum atomic E-state index is -0.167. The van der Waals surface area contributed by atoms with Crippen molar-refractivity contribution in [3.05, 3.63) is 23.9 Å². The number of aromatic nitrogens is 1. The maximum Gasteiger partial charge on any atom is 0.253 e. The van der Waals surface area contributed by atoms with Gasteiger partial charge in [-0.15, -0.1) is 0 Å². The van der Waals surface area contributed by atoms with Crippen LogP contribution in [0.15, 0.2) is 18.3 Å². The summed E-state index contributed by atoms with van der Waals surface area (Å²) < 4.78 is 5.20. The number of hydrogen-bond acceptors (Lipinski definition) is 4. The van der Waals surface area contributed by atoms with E-state index < -0.39 is 0 Å². The Kier molecular flexibility index (Phi) is 4.72. The Labute approximate surface area is 95.0 Å².